The van der Waals surface area contributed by atoms with E-state index < -0.39 is 0 Å². The summed E-state index contributed by atoms with van der Waals surface area (Å²) in [6, 6.07) is 5.75. The molecule has 100 valence electrons. The fourth-order valence-corrected chi connectivity index (χ4v) is 1.89. The smallest absolute Gasteiger partial charge is 0.0635 e. The van der Waals surface area contributed by atoms with Crippen LogP contribution in [-0.4, -0.2) is 19.8 Å². The lowest BCUT2D eigenvalue weighted by molar-refractivity contribution is 0.122. The van der Waals surface area contributed by atoms with E-state index in [0.717, 1.165) is 44.2 Å². The lowest BCUT2D eigenvalue weighted by Gasteiger charge is -2.07. The van der Waals surface area contributed by atoms with Crippen LogP contribution in [0.3, 0.4) is 0 Å². The van der Waals surface area contributed by atoms with Crippen molar-refractivity contribution in [1.29, 1.82) is 0 Å². The molecule has 0 saturated heterocycles. The van der Waals surface area contributed by atoms with Gasteiger partial charge in [0.2, 0.25) is 0 Å². The van der Waals surface area contributed by atoms with E-state index in [0.29, 0.717) is 10.7 Å². The molecule has 0 unspecified atom stereocenters. The zero-order valence-electron chi connectivity index (χ0n) is 10.6. The molecule has 18 heavy (non-hydrogen) atoms. The van der Waals surface area contributed by atoms with E-state index in [4.69, 9.17) is 22.1 Å². The quantitative estimate of drug-likeness (QED) is 0.563. The predicted octanol–water partition coefficient (Wildman–Crippen LogP) is 2.83. The number of hydrogen-bond donors (Lipinski definition) is 2. The molecule has 1 aromatic rings. The highest BCUT2D eigenvalue weighted by Crippen LogP contribution is 2.28. The van der Waals surface area contributed by atoms with Gasteiger partial charge in [-0.25, -0.2) is 0 Å². The third-order valence-electron chi connectivity index (χ3n) is 3.08. The van der Waals surface area contributed by atoms with Gasteiger partial charge in [-0.05, 0) is 49.4 Å². The summed E-state index contributed by atoms with van der Waals surface area (Å²) in [6.07, 6.45) is 3.77. The number of benzene rings is 1. The average molecular weight is 269 g/mol. The standard InChI is InChI=1S/C14H21ClN2O/c15-13-5-4-12(8-14(13)16)9-17-6-1-7-18-10-11-2-3-11/h4-5,8,11,17H,1-3,6-7,9-10,16H2. The van der Waals surface area contributed by atoms with E-state index in [1.165, 1.54) is 12.8 Å². The first-order valence-electron chi connectivity index (χ1n) is 6.58. The maximum absolute atomic E-state index is 5.87. The van der Waals surface area contributed by atoms with E-state index in [1.807, 2.05) is 18.2 Å². The number of halogens is 1. The third kappa shape index (κ3) is 4.84. The molecular weight excluding hydrogens is 248 g/mol. The van der Waals surface area contributed by atoms with Gasteiger partial charge >= 0.3 is 0 Å². The Bertz CT molecular complexity index is 380. The molecule has 0 bridgehead atoms. The minimum Gasteiger partial charge on any atom is -0.398 e. The predicted molar refractivity (Wildman–Crippen MR) is 75.7 cm³/mol. The molecule has 3 N–H and O–H groups in total. The number of hydrogen-bond acceptors (Lipinski definition) is 3. The number of nitrogen functional groups attached to an aromatic ring is 1. The van der Waals surface area contributed by atoms with E-state index in [2.05, 4.69) is 5.32 Å². The largest absolute Gasteiger partial charge is 0.398 e. The zero-order valence-corrected chi connectivity index (χ0v) is 11.4. The Labute approximate surface area is 114 Å². The molecule has 0 amide bonds. The maximum atomic E-state index is 5.87. The maximum Gasteiger partial charge on any atom is 0.0635 e. The minimum atomic E-state index is 0.618. The number of nitrogens with two attached hydrogens (primary N) is 1. The van der Waals surface area contributed by atoms with Crippen LogP contribution in [0.15, 0.2) is 18.2 Å². The lowest BCUT2D eigenvalue weighted by Crippen LogP contribution is -2.16. The van der Waals surface area contributed by atoms with Crippen molar-refractivity contribution in [3.8, 4) is 0 Å². The summed E-state index contributed by atoms with van der Waals surface area (Å²) >= 11 is 5.87. The van der Waals surface area contributed by atoms with E-state index >= 15 is 0 Å². The fraction of sp³-hybridized carbons (Fsp3) is 0.571. The Kier molecular flexibility index (Phi) is 5.29. The minimum absolute atomic E-state index is 0.618. The Hall–Kier alpha value is -0.770. The summed E-state index contributed by atoms with van der Waals surface area (Å²) in [5.74, 6) is 0.856. The second kappa shape index (κ2) is 6.98. The van der Waals surface area contributed by atoms with Crippen LogP contribution in [0.1, 0.15) is 24.8 Å². The number of rotatable bonds is 8. The summed E-state index contributed by atoms with van der Waals surface area (Å²) in [5, 5.41) is 3.99. The van der Waals surface area contributed by atoms with Gasteiger partial charge in [-0.15, -0.1) is 0 Å². The summed E-state index contributed by atoms with van der Waals surface area (Å²) in [7, 11) is 0. The van der Waals surface area contributed by atoms with Gasteiger partial charge in [0.25, 0.3) is 0 Å². The van der Waals surface area contributed by atoms with Crippen LogP contribution < -0.4 is 11.1 Å². The zero-order chi connectivity index (χ0) is 12.8. The molecule has 1 aromatic carbocycles. The Morgan fingerprint density at radius 3 is 2.94 bits per heavy atom. The van der Waals surface area contributed by atoms with Crippen LogP contribution in [0.25, 0.3) is 0 Å². The van der Waals surface area contributed by atoms with E-state index in [1.54, 1.807) is 0 Å². The van der Waals surface area contributed by atoms with Crippen molar-refractivity contribution in [2.45, 2.75) is 25.8 Å². The SMILES string of the molecule is Nc1cc(CNCCCOCC2CC2)ccc1Cl. The van der Waals surface area contributed by atoms with Crippen molar-refractivity contribution in [2.75, 3.05) is 25.5 Å². The van der Waals surface area contributed by atoms with Crippen molar-refractivity contribution < 1.29 is 4.74 Å². The van der Waals surface area contributed by atoms with E-state index in [9.17, 15) is 0 Å². The van der Waals surface area contributed by atoms with Crippen LogP contribution in [0.5, 0.6) is 0 Å². The molecule has 0 spiro atoms. The summed E-state index contributed by atoms with van der Waals surface area (Å²) in [5.41, 5.74) is 7.55. The Morgan fingerprint density at radius 1 is 1.39 bits per heavy atom. The second-order valence-corrected chi connectivity index (χ2v) is 5.31. The Morgan fingerprint density at radius 2 is 2.22 bits per heavy atom. The van der Waals surface area contributed by atoms with Crippen molar-refractivity contribution >= 4 is 17.3 Å². The van der Waals surface area contributed by atoms with Crippen LogP contribution in [0.4, 0.5) is 5.69 Å². The molecule has 1 fully saturated rings. The first-order chi connectivity index (χ1) is 8.75. The van der Waals surface area contributed by atoms with Gasteiger partial charge in [0.15, 0.2) is 0 Å². The molecule has 1 aliphatic carbocycles. The van der Waals surface area contributed by atoms with Crippen LogP contribution in [0, 0.1) is 5.92 Å². The third-order valence-corrected chi connectivity index (χ3v) is 3.43. The first-order valence-corrected chi connectivity index (χ1v) is 6.96. The molecule has 3 nitrogen and oxygen atoms in total. The van der Waals surface area contributed by atoms with Crippen molar-refractivity contribution in [3.05, 3.63) is 28.8 Å². The first kappa shape index (κ1) is 13.7. The molecule has 0 radical (unpaired) electrons. The van der Waals surface area contributed by atoms with Gasteiger partial charge in [-0.1, -0.05) is 17.7 Å². The molecule has 0 atom stereocenters. The highest BCUT2D eigenvalue weighted by molar-refractivity contribution is 6.33. The number of nitrogens with one attached hydrogen (secondary N) is 1. The highest BCUT2D eigenvalue weighted by Gasteiger charge is 2.20. The summed E-state index contributed by atoms with van der Waals surface area (Å²) < 4.78 is 5.57. The van der Waals surface area contributed by atoms with Gasteiger partial charge in [-0.2, -0.15) is 0 Å². The molecule has 1 saturated carbocycles. The summed E-state index contributed by atoms with van der Waals surface area (Å²) in [4.78, 5) is 0. The molecule has 0 aromatic heterocycles. The van der Waals surface area contributed by atoms with Gasteiger partial charge < -0.3 is 15.8 Å². The normalized spacial score (nSPS) is 14.9. The van der Waals surface area contributed by atoms with E-state index in [-0.39, 0.29) is 0 Å². The van der Waals surface area contributed by atoms with Crippen LogP contribution >= 0.6 is 11.6 Å². The second-order valence-electron chi connectivity index (χ2n) is 4.90. The van der Waals surface area contributed by atoms with Gasteiger partial charge in [0.1, 0.15) is 0 Å². The molecule has 0 aliphatic heterocycles. The fourth-order valence-electron chi connectivity index (χ4n) is 1.77. The highest BCUT2D eigenvalue weighted by atomic mass is 35.5. The lowest BCUT2D eigenvalue weighted by atomic mass is 10.2. The monoisotopic (exact) mass is 268 g/mol. The van der Waals surface area contributed by atoms with Crippen molar-refractivity contribution in [1.82, 2.24) is 5.32 Å². The van der Waals surface area contributed by atoms with Crippen molar-refractivity contribution in [2.24, 2.45) is 5.92 Å². The number of ether oxygens (including phenoxy) is 1. The number of anilines is 1. The van der Waals surface area contributed by atoms with Crippen LogP contribution in [-0.2, 0) is 11.3 Å². The summed E-state index contributed by atoms with van der Waals surface area (Å²) in [6.45, 7) is 3.59. The average Bonchev–Trinajstić information content (AvgIpc) is 3.16. The topological polar surface area (TPSA) is 47.3 Å². The molecule has 0 heterocycles. The van der Waals surface area contributed by atoms with Gasteiger partial charge in [-0.3, -0.25) is 0 Å². The molecule has 1 aliphatic rings. The molecule has 2 rings (SSSR count). The van der Waals surface area contributed by atoms with Gasteiger partial charge in [0.05, 0.1) is 10.7 Å². The molecular formula is C14H21ClN2O. The Balaban J connectivity index is 1.52. The van der Waals surface area contributed by atoms with Crippen LogP contribution in [0.2, 0.25) is 5.02 Å². The van der Waals surface area contributed by atoms with Gasteiger partial charge in [0, 0.05) is 19.8 Å². The van der Waals surface area contributed by atoms with Crippen molar-refractivity contribution in [3.63, 3.8) is 0 Å². The molecule has 4 heteroatoms.